The van der Waals surface area contributed by atoms with E-state index in [-0.39, 0.29) is 6.10 Å². The van der Waals surface area contributed by atoms with Crippen LogP contribution in [-0.2, 0) is 0 Å². The minimum absolute atomic E-state index is 0.195. The molecule has 0 aromatic rings. The summed E-state index contributed by atoms with van der Waals surface area (Å²) in [4.78, 5) is 2.12. The van der Waals surface area contributed by atoms with Crippen LogP contribution in [-0.4, -0.2) is 40.4 Å². The van der Waals surface area contributed by atoms with Gasteiger partial charge in [0.1, 0.15) is 0 Å². The number of likely N-dealkylation sites (tertiary alicyclic amines) is 1. The SMILES string of the molecule is O[C@@H]1CCCN(C(=S)NC2CCCCC2)C1. The van der Waals surface area contributed by atoms with E-state index >= 15 is 0 Å². The fourth-order valence-corrected chi connectivity index (χ4v) is 2.98. The summed E-state index contributed by atoms with van der Waals surface area (Å²) in [5.74, 6) is 0. The molecular weight excluding hydrogens is 220 g/mol. The Bertz CT molecular complexity index is 241. The van der Waals surface area contributed by atoms with Gasteiger partial charge in [-0.25, -0.2) is 0 Å². The standard InChI is InChI=1S/C12H22N2OS/c15-11-7-4-8-14(9-11)12(16)13-10-5-2-1-3-6-10/h10-11,15H,1-9H2,(H,13,16)/t11-/m1/s1. The molecule has 1 heterocycles. The van der Waals surface area contributed by atoms with Crippen molar-refractivity contribution in [3.8, 4) is 0 Å². The van der Waals surface area contributed by atoms with E-state index < -0.39 is 0 Å². The molecule has 1 aliphatic carbocycles. The molecule has 1 atom stereocenters. The molecule has 0 unspecified atom stereocenters. The Balaban J connectivity index is 1.77. The third kappa shape index (κ3) is 3.32. The highest BCUT2D eigenvalue weighted by Gasteiger charge is 2.22. The maximum atomic E-state index is 9.61. The number of β-amino-alcohol motifs (C(OH)–C–C–N with tert-alkyl or cyclic N) is 1. The van der Waals surface area contributed by atoms with Crippen LogP contribution in [0.25, 0.3) is 0 Å². The van der Waals surface area contributed by atoms with Crippen LogP contribution in [0.4, 0.5) is 0 Å². The van der Waals surface area contributed by atoms with E-state index in [2.05, 4.69) is 10.2 Å². The third-order valence-electron chi connectivity index (χ3n) is 3.62. The van der Waals surface area contributed by atoms with Crippen LogP contribution in [0.15, 0.2) is 0 Å². The number of nitrogens with one attached hydrogen (secondary N) is 1. The summed E-state index contributed by atoms with van der Waals surface area (Å²) in [5.41, 5.74) is 0. The van der Waals surface area contributed by atoms with Gasteiger partial charge in [0, 0.05) is 19.1 Å². The van der Waals surface area contributed by atoms with Gasteiger partial charge in [-0.2, -0.15) is 0 Å². The van der Waals surface area contributed by atoms with Gasteiger partial charge in [-0.3, -0.25) is 0 Å². The van der Waals surface area contributed by atoms with E-state index in [4.69, 9.17) is 12.2 Å². The second kappa shape index (κ2) is 5.82. The normalized spacial score (nSPS) is 27.8. The molecule has 0 radical (unpaired) electrons. The number of aliphatic hydroxyl groups is 1. The lowest BCUT2D eigenvalue weighted by atomic mass is 9.96. The summed E-state index contributed by atoms with van der Waals surface area (Å²) in [6.07, 6.45) is 8.28. The van der Waals surface area contributed by atoms with Gasteiger partial charge < -0.3 is 15.3 Å². The van der Waals surface area contributed by atoms with Crippen molar-refractivity contribution in [2.24, 2.45) is 0 Å². The molecule has 4 heteroatoms. The maximum absolute atomic E-state index is 9.61. The van der Waals surface area contributed by atoms with Crippen LogP contribution in [0, 0.1) is 0 Å². The average molecular weight is 242 g/mol. The summed E-state index contributed by atoms with van der Waals surface area (Å²) in [6, 6.07) is 0.570. The minimum Gasteiger partial charge on any atom is -0.391 e. The van der Waals surface area contributed by atoms with E-state index in [0.717, 1.165) is 24.5 Å². The molecule has 2 N–H and O–H groups in total. The number of hydrogen-bond acceptors (Lipinski definition) is 2. The van der Waals surface area contributed by atoms with Crippen molar-refractivity contribution in [1.29, 1.82) is 0 Å². The highest BCUT2D eigenvalue weighted by Crippen LogP contribution is 2.18. The highest BCUT2D eigenvalue weighted by molar-refractivity contribution is 7.80. The predicted octanol–water partition coefficient (Wildman–Crippen LogP) is 1.65. The van der Waals surface area contributed by atoms with Crippen LogP contribution < -0.4 is 5.32 Å². The van der Waals surface area contributed by atoms with Gasteiger partial charge in [0.2, 0.25) is 0 Å². The van der Waals surface area contributed by atoms with E-state index in [1.165, 1.54) is 32.1 Å². The van der Waals surface area contributed by atoms with Crippen LogP contribution >= 0.6 is 12.2 Å². The topological polar surface area (TPSA) is 35.5 Å². The number of rotatable bonds is 1. The van der Waals surface area contributed by atoms with Crippen LogP contribution in [0.3, 0.4) is 0 Å². The van der Waals surface area contributed by atoms with E-state index in [1.54, 1.807) is 0 Å². The van der Waals surface area contributed by atoms with Gasteiger partial charge in [-0.1, -0.05) is 19.3 Å². The van der Waals surface area contributed by atoms with Gasteiger partial charge in [0.15, 0.2) is 5.11 Å². The molecule has 0 aromatic carbocycles. The zero-order valence-corrected chi connectivity index (χ0v) is 10.6. The molecule has 2 rings (SSSR count). The molecule has 92 valence electrons. The number of thiocarbonyl (C=S) groups is 1. The monoisotopic (exact) mass is 242 g/mol. The first-order valence-electron chi connectivity index (χ1n) is 6.49. The van der Waals surface area contributed by atoms with Crippen molar-refractivity contribution >= 4 is 17.3 Å². The lowest BCUT2D eigenvalue weighted by Crippen LogP contribution is -2.50. The predicted molar refractivity (Wildman–Crippen MR) is 69.4 cm³/mol. The van der Waals surface area contributed by atoms with Crippen molar-refractivity contribution in [3.05, 3.63) is 0 Å². The largest absolute Gasteiger partial charge is 0.391 e. The van der Waals surface area contributed by atoms with E-state index in [9.17, 15) is 5.11 Å². The van der Waals surface area contributed by atoms with Crippen LogP contribution in [0.2, 0.25) is 0 Å². The highest BCUT2D eigenvalue weighted by atomic mass is 32.1. The van der Waals surface area contributed by atoms with Crippen molar-refractivity contribution in [3.63, 3.8) is 0 Å². The van der Waals surface area contributed by atoms with E-state index in [0.29, 0.717) is 12.6 Å². The minimum atomic E-state index is -0.195. The van der Waals surface area contributed by atoms with Crippen LogP contribution in [0.1, 0.15) is 44.9 Å². The summed E-state index contributed by atoms with van der Waals surface area (Å²) >= 11 is 5.41. The Morgan fingerprint density at radius 1 is 1.12 bits per heavy atom. The second-order valence-corrected chi connectivity index (χ2v) is 5.41. The summed E-state index contributed by atoms with van der Waals surface area (Å²) in [5, 5.41) is 13.9. The Kier molecular flexibility index (Phi) is 4.41. The molecular formula is C12H22N2OS. The number of aliphatic hydroxyl groups excluding tert-OH is 1. The average Bonchev–Trinajstić information content (AvgIpc) is 2.30. The Labute approximate surface area is 103 Å². The Hall–Kier alpha value is -0.350. The van der Waals surface area contributed by atoms with Gasteiger partial charge in [0.25, 0.3) is 0 Å². The van der Waals surface area contributed by atoms with Crippen molar-refractivity contribution in [2.75, 3.05) is 13.1 Å². The molecule has 2 fully saturated rings. The van der Waals surface area contributed by atoms with Gasteiger partial charge >= 0.3 is 0 Å². The van der Waals surface area contributed by atoms with Crippen molar-refractivity contribution < 1.29 is 5.11 Å². The lowest BCUT2D eigenvalue weighted by molar-refractivity contribution is 0.102. The first-order valence-corrected chi connectivity index (χ1v) is 6.90. The molecule has 3 nitrogen and oxygen atoms in total. The van der Waals surface area contributed by atoms with Gasteiger partial charge in [0.05, 0.1) is 6.10 Å². The Morgan fingerprint density at radius 2 is 1.88 bits per heavy atom. The first kappa shape index (κ1) is 12.1. The molecule has 16 heavy (non-hydrogen) atoms. The fraction of sp³-hybridized carbons (Fsp3) is 0.917. The molecule has 0 amide bonds. The smallest absolute Gasteiger partial charge is 0.169 e. The molecule has 0 spiro atoms. The fourth-order valence-electron chi connectivity index (χ4n) is 2.65. The quantitative estimate of drug-likeness (QED) is 0.685. The molecule has 0 aromatic heterocycles. The summed E-state index contributed by atoms with van der Waals surface area (Å²) < 4.78 is 0. The van der Waals surface area contributed by atoms with E-state index in [1.807, 2.05) is 0 Å². The Morgan fingerprint density at radius 3 is 2.56 bits per heavy atom. The second-order valence-electron chi connectivity index (χ2n) is 5.03. The van der Waals surface area contributed by atoms with Crippen molar-refractivity contribution in [1.82, 2.24) is 10.2 Å². The summed E-state index contributed by atoms with van der Waals surface area (Å²) in [6.45, 7) is 1.70. The number of piperidine rings is 1. The molecule has 1 saturated carbocycles. The zero-order valence-electron chi connectivity index (χ0n) is 9.82. The molecule has 2 aliphatic rings. The van der Waals surface area contributed by atoms with Gasteiger partial charge in [-0.05, 0) is 37.9 Å². The molecule has 0 bridgehead atoms. The van der Waals surface area contributed by atoms with Crippen LogP contribution in [0.5, 0.6) is 0 Å². The lowest BCUT2D eigenvalue weighted by Gasteiger charge is -2.34. The number of nitrogens with zero attached hydrogens (tertiary/aromatic N) is 1. The zero-order chi connectivity index (χ0) is 11.4. The first-order chi connectivity index (χ1) is 7.75. The maximum Gasteiger partial charge on any atom is 0.169 e. The van der Waals surface area contributed by atoms with Gasteiger partial charge in [-0.15, -0.1) is 0 Å². The molecule has 1 saturated heterocycles. The summed E-state index contributed by atoms with van der Waals surface area (Å²) in [7, 11) is 0. The third-order valence-corrected chi connectivity index (χ3v) is 3.99. The number of hydrogen-bond donors (Lipinski definition) is 2. The van der Waals surface area contributed by atoms with Crippen molar-refractivity contribution in [2.45, 2.75) is 57.1 Å². The molecule has 1 aliphatic heterocycles.